The van der Waals surface area contributed by atoms with Crippen molar-refractivity contribution in [3.63, 3.8) is 0 Å². The van der Waals surface area contributed by atoms with Crippen molar-refractivity contribution in [1.29, 1.82) is 0 Å². The second kappa shape index (κ2) is 6.68. The minimum Gasteiger partial charge on any atom is -0.378 e. The standard InChI is InChI=1S/C27H31N2Si/c1-18-9-7-8-10-21(18)27-22-12-11-20(28(2)3)16-25(22)30(5,6)26-17-24-19(15-23(26)27)13-14-29(24)4/h7-12,15-17H,13-14H2,1-6H3/q+1. The Hall–Kier alpha value is -2.65. The van der Waals surface area contributed by atoms with Gasteiger partial charge in [-0.2, -0.15) is 0 Å². The summed E-state index contributed by atoms with van der Waals surface area (Å²) in [7, 11) is 4.67. The Morgan fingerprint density at radius 2 is 1.67 bits per heavy atom. The molecular weight excluding hydrogens is 380 g/mol. The summed E-state index contributed by atoms with van der Waals surface area (Å²) in [5.74, 6) is 0. The maximum atomic E-state index is 2.54. The van der Waals surface area contributed by atoms with Gasteiger partial charge in [-0.05, 0) is 63.0 Å². The van der Waals surface area contributed by atoms with Crippen LogP contribution < -0.4 is 30.4 Å². The normalized spacial score (nSPS) is 16.2. The van der Waals surface area contributed by atoms with E-state index in [0.29, 0.717) is 0 Å². The summed E-state index contributed by atoms with van der Waals surface area (Å²) >= 11 is 0. The third-order valence-electron chi connectivity index (χ3n) is 7.17. The minimum atomic E-state index is -1.85. The molecule has 3 aromatic rings. The van der Waals surface area contributed by atoms with Crippen molar-refractivity contribution >= 4 is 29.7 Å². The summed E-state index contributed by atoms with van der Waals surface area (Å²) in [6.07, 6.45) is 1.15. The van der Waals surface area contributed by atoms with Crippen LogP contribution in [0.25, 0.3) is 5.57 Å². The maximum Gasteiger partial charge on any atom is 0.203 e. The van der Waals surface area contributed by atoms with Gasteiger partial charge in [0.05, 0.1) is 0 Å². The van der Waals surface area contributed by atoms with Crippen LogP contribution in [-0.4, -0.2) is 35.8 Å². The molecule has 152 valence electrons. The first-order chi connectivity index (χ1) is 14.3. The Balaban J connectivity index is 1.98. The van der Waals surface area contributed by atoms with Gasteiger partial charge in [0, 0.05) is 37.8 Å². The molecule has 0 atom stereocenters. The zero-order valence-corrected chi connectivity index (χ0v) is 20.0. The fourth-order valence-electron chi connectivity index (χ4n) is 5.30. The van der Waals surface area contributed by atoms with Gasteiger partial charge < -0.3 is 4.90 Å². The monoisotopic (exact) mass is 411 g/mol. The summed E-state index contributed by atoms with van der Waals surface area (Å²) < 4.78 is 2.43. The van der Waals surface area contributed by atoms with Crippen molar-refractivity contribution in [3.8, 4) is 0 Å². The molecule has 0 saturated heterocycles. The Morgan fingerprint density at radius 3 is 2.40 bits per heavy atom. The highest BCUT2D eigenvalue weighted by Crippen LogP contribution is 2.28. The molecule has 2 aliphatic rings. The van der Waals surface area contributed by atoms with E-state index in [4.69, 9.17) is 0 Å². The quantitative estimate of drug-likeness (QED) is 0.463. The SMILES string of the molecule is Cc1ccccc1C1=c2cc3c(cc2[Si](C)(C)c2cc(N(C)C)ccc21)=[N+](C)CC3. The van der Waals surface area contributed by atoms with Crippen LogP contribution >= 0.6 is 0 Å². The number of nitrogens with zero attached hydrogens (tertiary/aromatic N) is 2. The summed E-state index contributed by atoms with van der Waals surface area (Å²) in [6.45, 7) is 8.42. The van der Waals surface area contributed by atoms with E-state index in [2.05, 4.69) is 105 Å². The maximum absolute atomic E-state index is 2.54. The molecule has 2 aliphatic heterocycles. The summed E-state index contributed by atoms with van der Waals surface area (Å²) in [6, 6.07) is 21.1. The Bertz CT molecular complexity index is 1320. The first kappa shape index (κ1) is 19.3. The van der Waals surface area contributed by atoms with Crippen LogP contribution in [0.1, 0.15) is 22.3 Å². The third-order valence-corrected chi connectivity index (χ3v) is 10.7. The van der Waals surface area contributed by atoms with Gasteiger partial charge in [0.2, 0.25) is 5.36 Å². The predicted octanol–water partition coefficient (Wildman–Crippen LogP) is 2.12. The van der Waals surface area contributed by atoms with Crippen molar-refractivity contribution in [2.45, 2.75) is 26.4 Å². The molecule has 0 saturated carbocycles. The number of hydrogen-bond acceptors (Lipinski definition) is 1. The summed E-state index contributed by atoms with van der Waals surface area (Å²) in [5.41, 5.74) is 8.37. The predicted molar refractivity (Wildman–Crippen MR) is 132 cm³/mol. The van der Waals surface area contributed by atoms with E-state index >= 15 is 0 Å². The average molecular weight is 412 g/mol. The molecular formula is C27H31N2Si+. The number of anilines is 1. The summed E-state index contributed by atoms with van der Waals surface area (Å²) in [5, 5.41) is 6.04. The van der Waals surface area contributed by atoms with E-state index in [-0.39, 0.29) is 0 Å². The lowest BCUT2D eigenvalue weighted by Gasteiger charge is -2.34. The topological polar surface area (TPSA) is 6.25 Å². The lowest BCUT2D eigenvalue weighted by atomic mass is 9.91. The Morgan fingerprint density at radius 1 is 0.900 bits per heavy atom. The van der Waals surface area contributed by atoms with Crippen LogP contribution in [0.3, 0.4) is 0 Å². The highest BCUT2D eigenvalue weighted by atomic mass is 28.3. The van der Waals surface area contributed by atoms with Crippen molar-refractivity contribution in [1.82, 2.24) is 4.58 Å². The molecule has 2 nitrogen and oxygen atoms in total. The molecule has 0 radical (unpaired) electrons. The molecule has 0 fully saturated rings. The van der Waals surface area contributed by atoms with Crippen LogP contribution in [0.5, 0.6) is 0 Å². The van der Waals surface area contributed by atoms with E-state index in [1.807, 2.05) is 0 Å². The first-order valence-electron chi connectivity index (χ1n) is 10.9. The molecule has 0 unspecified atom stereocenters. The second-order valence-corrected chi connectivity index (χ2v) is 14.0. The molecule has 0 spiro atoms. The van der Waals surface area contributed by atoms with Crippen LogP contribution in [0.15, 0.2) is 54.6 Å². The molecule has 30 heavy (non-hydrogen) atoms. The molecule has 0 aliphatic carbocycles. The molecule has 0 aromatic heterocycles. The molecule has 0 bridgehead atoms. The van der Waals surface area contributed by atoms with Gasteiger partial charge in [0.1, 0.15) is 21.7 Å². The molecule has 3 aromatic carbocycles. The van der Waals surface area contributed by atoms with Gasteiger partial charge in [-0.15, -0.1) is 0 Å². The Kier molecular flexibility index (Phi) is 4.30. The summed E-state index contributed by atoms with van der Waals surface area (Å²) in [4.78, 5) is 2.23. The number of hydrogen-bond donors (Lipinski definition) is 0. The van der Waals surface area contributed by atoms with Crippen molar-refractivity contribution < 1.29 is 0 Å². The van der Waals surface area contributed by atoms with E-state index in [9.17, 15) is 0 Å². The van der Waals surface area contributed by atoms with Gasteiger partial charge in [0.15, 0.2) is 0 Å². The molecule has 3 heteroatoms. The van der Waals surface area contributed by atoms with E-state index in [1.165, 1.54) is 44.1 Å². The van der Waals surface area contributed by atoms with E-state index in [0.717, 1.165) is 13.0 Å². The molecule has 5 rings (SSSR count). The number of benzene rings is 3. The van der Waals surface area contributed by atoms with Gasteiger partial charge in [-0.25, -0.2) is 4.58 Å². The minimum absolute atomic E-state index is 1.12. The average Bonchev–Trinajstić information content (AvgIpc) is 3.08. The fourth-order valence-corrected chi connectivity index (χ4v) is 8.35. The zero-order chi connectivity index (χ0) is 21.2. The van der Waals surface area contributed by atoms with Crippen LogP contribution in [0, 0.1) is 6.92 Å². The Labute approximate surface area is 180 Å². The van der Waals surface area contributed by atoms with Gasteiger partial charge in [-0.3, -0.25) is 0 Å². The zero-order valence-electron chi connectivity index (χ0n) is 19.0. The number of aryl methyl sites for hydroxylation is 1. The lowest BCUT2D eigenvalue weighted by molar-refractivity contribution is 0.720. The highest BCUT2D eigenvalue weighted by Gasteiger charge is 2.37. The first-order valence-corrected chi connectivity index (χ1v) is 13.9. The molecule has 0 amide bonds. The molecule has 2 heterocycles. The van der Waals surface area contributed by atoms with E-state index < -0.39 is 8.07 Å². The van der Waals surface area contributed by atoms with Gasteiger partial charge >= 0.3 is 0 Å². The number of fused-ring (bicyclic) bond motifs is 3. The number of rotatable bonds is 2. The fraction of sp³-hybridized carbons (Fsp3) is 0.296. The smallest absolute Gasteiger partial charge is 0.203 e. The molecule has 0 N–H and O–H groups in total. The highest BCUT2D eigenvalue weighted by molar-refractivity contribution is 7.01. The number of likely N-dealkylation sites (N-methyl/N-ethyl adjacent to an activating group) is 1. The van der Waals surface area contributed by atoms with Crippen LogP contribution in [0.4, 0.5) is 5.69 Å². The third kappa shape index (κ3) is 2.72. The van der Waals surface area contributed by atoms with Gasteiger partial charge in [0.25, 0.3) is 0 Å². The van der Waals surface area contributed by atoms with Gasteiger partial charge in [-0.1, -0.05) is 43.4 Å². The second-order valence-electron chi connectivity index (χ2n) is 9.64. The van der Waals surface area contributed by atoms with Crippen molar-refractivity contribution in [2.24, 2.45) is 0 Å². The lowest BCUT2D eigenvalue weighted by Crippen LogP contribution is -2.63. The van der Waals surface area contributed by atoms with Crippen molar-refractivity contribution in [3.05, 3.63) is 87.4 Å². The van der Waals surface area contributed by atoms with Crippen LogP contribution in [0.2, 0.25) is 13.1 Å². The largest absolute Gasteiger partial charge is 0.378 e. The van der Waals surface area contributed by atoms with Crippen LogP contribution in [-0.2, 0) is 6.42 Å². The van der Waals surface area contributed by atoms with Crippen molar-refractivity contribution in [2.75, 3.05) is 32.6 Å². The van der Waals surface area contributed by atoms with E-state index in [1.54, 1.807) is 10.4 Å².